The van der Waals surface area contributed by atoms with Crippen LogP contribution in [0.25, 0.3) is 0 Å². The number of carboxylic acid groups (broad SMARTS) is 1. The first-order chi connectivity index (χ1) is 20.5. The summed E-state index contributed by atoms with van der Waals surface area (Å²) in [5.74, 6) is 1.28. The van der Waals surface area contributed by atoms with E-state index in [9.17, 15) is 23.4 Å². The molecule has 0 saturated carbocycles. The van der Waals surface area contributed by atoms with Crippen LogP contribution in [0.5, 0.6) is 17.2 Å². The number of aliphatic hydroxyl groups is 1. The molecule has 0 aliphatic carbocycles. The van der Waals surface area contributed by atoms with Crippen molar-refractivity contribution in [3.63, 3.8) is 0 Å². The number of hydrogen-bond acceptors (Lipinski definition) is 8. The van der Waals surface area contributed by atoms with Crippen LogP contribution >= 0.6 is 0 Å². The van der Waals surface area contributed by atoms with Crippen LogP contribution in [-0.2, 0) is 23.1 Å². The van der Waals surface area contributed by atoms with E-state index in [4.69, 9.17) is 19.5 Å². The van der Waals surface area contributed by atoms with Gasteiger partial charge in [0.15, 0.2) is 11.5 Å². The van der Waals surface area contributed by atoms with Crippen molar-refractivity contribution in [2.24, 2.45) is 5.92 Å². The van der Waals surface area contributed by atoms with Crippen LogP contribution in [0.1, 0.15) is 30.5 Å². The van der Waals surface area contributed by atoms with E-state index in [0.29, 0.717) is 41.6 Å². The summed E-state index contributed by atoms with van der Waals surface area (Å²) in [4.78, 5) is 11.6. The third kappa shape index (κ3) is 8.61. The number of ether oxygens (including phenoxy) is 3. The summed E-state index contributed by atoms with van der Waals surface area (Å²) in [5, 5.41) is 32.1. The number of benzene rings is 3. The number of nitriles is 1. The van der Waals surface area contributed by atoms with Crippen molar-refractivity contribution < 1.29 is 37.6 Å². The largest absolute Gasteiger partial charge is 0.489 e. The number of sulfonamides is 1. The number of nitrogens with zero attached hydrogens (tertiary/aromatic N) is 2. The van der Waals surface area contributed by atoms with E-state index >= 15 is 0 Å². The van der Waals surface area contributed by atoms with Gasteiger partial charge in [-0.15, -0.1) is 0 Å². The minimum atomic E-state index is -4.07. The molecule has 3 aromatic carbocycles. The smallest absolute Gasteiger partial charge is 0.404 e. The summed E-state index contributed by atoms with van der Waals surface area (Å²) in [6.45, 7) is 4.43. The number of hydrogen-bond donors (Lipinski definition) is 3. The molecule has 3 N–H and O–H groups in total. The third-order valence-corrected chi connectivity index (χ3v) is 8.55. The van der Waals surface area contributed by atoms with Gasteiger partial charge >= 0.3 is 6.09 Å². The second kappa shape index (κ2) is 14.2. The van der Waals surface area contributed by atoms with Crippen molar-refractivity contribution in [3.05, 3.63) is 83.4 Å². The highest BCUT2D eigenvalue weighted by atomic mass is 32.2. The van der Waals surface area contributed by atoms with Crippen LogP contribution in [0.3, 0.4) is 0 Å². The molecule has 0 aromatic heterocycles. The van der Waals surface area contributed by atoms with E-state index < -0.39 is 28.3 Å². The number of aliphatic hydroxyl groups excluding tert-OH is 1. The standard InChI is InChI=1S/C31H35N3O8S/c1-21(2)18-34(43(38,39)26-10-11-29-30(16-26)41-13-12-40-29)19-28(35)27(33-31(36)37)15-22-6-8-25(9-7-22)42-20-24-5-3-4-23(14-24)17-32/h3-11,14,16,21,27-28,33,35H,12-13,15,18-20H2,1-2H3,(H,36,37)/t27-,28-/m0/s1. The van der Waals surface area contributed by atoms with Gasteiger partial charge in [0, 0.05) is 19.2 Å². The molecule has 1 aliphatic rings. The highest BCUT2D eigenvalue weighted by Crippen LogP contribution is 2.33. The first-order valence-corrected chi connectivity index (χ1v) is 15.3. The molecule has 228 valence electrons. The molecule has 1 heterocycles. The predicted octanol–water partition coefficient (Wildman–Crippen LogP) is 3.79. The number of nitrogens with one attached hydrogen (secondary N) is 1. The quantitative estimate of drug-likeness (QED) is 0.262. The van der Waals surface area contributed by atoms with Crippen LogP contribution < -0.4 is 19.5 Å². The zero-order valence-electron chi connectivity index (χ0n) is 24.0. The van der Waals surface area contributed by atoms with E-state index in [0.717, 1.165) is 5.56 Å². The van der Waals surface area contributed by atoms with Crippen LogP contribution in [0.15, 0.2) is 71.6 Å². The van der Waals surface area contributed by atoms with Gasteiger partial charge in [-0.1, -0.05) is 38.1 Å². The fourth-order valence-electron chi connectivity index (χ4n) is 4.66. The predicted molar refractivity (Wildman–Crippen MR) is 158 cm³/mol. The fraction of sp³-hybridized carbons (Fsp3) is 0.355. The van der Waals surface area contributed by atoms with Gasteiger partial charge in [0.2, 0.25) is 10.0 Å². The first kappa shape index (κ1) is 31.6. The number of carbonyl (C=O) groups is 1. The third-order valence-electron chi connectivity index (χ3n) is 6.72. The normalized spacial score (nSPS) is 14.1. The van der Waals surface area contributed by atoms with Gasteiger partial charge in [-0.2, -0.15) is 9.57 Å². The van der Waals surface area contributed by atoms with Gasteiger partial charge < -0.3 is 29.7 Å². The molecule has 1 amide bonds. The zero-order chi connectivity index (χ0) is 31.0. The van der Waals surface area contributed by atoms with Crippen molar-refractivity contribution in [2.75, 3.05) is 26.3 Å². The monoisotopic (exact) mass is 609 g/mol. The summed E-state index contributed by atoms with van der Waals surface area (Å²) in [5.41, 5.74) is 2.09. The second-order valence-electron chi connectivity index (χ2n) is 10.6. The summed E-state index contributed by atoms with van der Waals surface area (Å²) < 4.78 is 45.4. The Morgan fingerprint density at radius 2 is 1.74 bits per heavy atom. The average molecular weight is 610 g/mol. The van der Waals surface area contributed by atoms with Crippen LogP contribution in [-0.4, -0.2) is 67.5 Å². The Bertz CT molecular complexity index is 1550. The van der Waals surface area contributed by atoms with E-state index in [1.54, 1.807) is 42.5 Å². The van der Waals surface area contributed by atoms with Crippen LogP contribution in [0.4, 0.5) is 4.79 Å². The highest BCUT2D eigenvalue weighted by Gasteiger charge is 2.32. The SMILES string of the molecule is CC(C)CN(C[C@H](O)[C@H](Cc1ccc(OCc2cccc(C#N)c2)cc1)NC(=O)O)S(=O)(=O)c1ccc2c(c1)OCCO2. The lowest BCUT2D eigenvalue weighted by Crippen LogP contribution is -2.50. The maximum Gasteiger partial charge on any atom is 0.404 e. The molecule has 0 saturated heterocycles. The number of amides is 1. The molecule has 0 unspecified atom stereocenters. The molecular weight excluding hydrogens is 574 g/mol. The van der Waals surface area contributed by atoms with Gasteiger partial charge in [0.1, 0.15) is 25.6 Å². The number of fused-ring (bicyclic) bond motifs is 1. The minimum absolute atomic E-state index is 0.0118. The Hall–Kier alpha value is -4.31. The van der Waals surface area contributed by atoms with Crippen molar-refractivity contribution >= 4 is 16.1 Å². The molecule has 0 spiro atoms. The van der Waals surface area contributed by atoms with Gasteiger partial charge in [-0.3, -0.25) is 0 Å². The first-order valence-electron chi connectivity index (χ1n) is 13.8. The lowest BCUT2D eigenvalue weighted by molar-refractivity contribution is 0.0980. The summed E-state index contributed by atoms with van der Waals surface area (Å²) >= 11 is 0. The topological polar surface area (TPSA) is 158 Å². The molecule has 4 rings (SSSR count). The average Bonchev–Trinajstić information content (AvgIpc) is 2.99. The Morgan fingerprint density at radius 1 is 1.02 bits per heavy atom. The molecule has 43 heavy (non-hydrogen) atoms. The fourth-order valence-corrected chi connectivity index (χ4v) is 6.30. The molecule has 12 heteroatoms. The van der Waals surface area contributed by atoms with Gasteiger partial charge in [-0.25, -0.2) is 13.2 Å². The molecular formula is C31H35N3O8S. The Labute approximate surface area is 251 Å². The summed E-state index contributed by atoms with van der Waals surface area (Å²) in [7, 11) is -4.07. The molecule has 2 atom stereocenters. The Kier molecular flexibility index (Phi) is 10.5. The summed E-state index contributed by atoms with van der Waals surface area (Å²) in [6, 6.07) is 19.5. The Balaban J connectivity index is 1.46. The van der Waals surface area contributed by atoms with E-state index in [1.807, 2.05) is 19.9 Å². The van der Waals surface area contributed by atoms with E-state index in [2.05, 4.69) is 11.4 Å². The molecule has 0 radical (unpaired) electrons. The van der Waals surface area contributed by atoms with Gasteiger partial charge in [-0.05, 0) is 59.9 Å². The number of rotatable bonds is 13. The lowest BCUT2D eigenvalue weighted by Gasteiger charge is -2.30. The molecule has 3 aromatic rings. The van der Waals surface area contributed by atoms with Gasteiger partial charge in [0.25, 0.3) is 0 Å². The molecule has 11 nitrogen and oxygen atoms in total. The summed E-state index contributed by atoms with van der Waals surface area (Å²) in [6.07, 6.45) is -2.59. The van der Waals surface area contributed by atoms with Crippen molar-refractivity contribution in [1.82, 2.24) is 9.62 Å². The second-order valence-corrected chi connectivity index (χ2v) is 12.5. The minimum Gasteiger partial charge on any atom is -0.489 e. The van der Waals surface area contributed by atoms with Crippen molar-refractivity contribution in [2.45, 2.75) is 43.9 Å². The maximum absolute atomic E-state index is 13.7. The van der Waals surface area contributed by atoms with Crippen LogP contribution in [0.2, 0.25) is 0 Å². The van der Waals surface area contributed by atoms with Crippen LogP contribution in [0, 0.1) is 17.2 Å². The zero-order valence-corrected chi connectivity index (χ0v) is 24.8. The van der Waals surface area contributed by atoms with Gasteiger partial charge in [0.05, 0.1) is 28.7 Å². The molecule has 0 fully saturated rings. The van der Waals surface area contributed by atoms with Crippen molar-refractivity contribution in [1.29, 1.82) is 5.26 Å². The molecule has 0 bridgehead atoms. The highest BCUT2D eigenvalue weighted by molar-refractivity contribution is 7.89. The van der Waals surface area contributed by atoms with Crippen molar-refractivity contribution in [3.8, 4) is 23.3 Å². The molecule has 1 aliphatic heterocycles. The lowest BCUT2D eigenvalue weighted by atomic mass is 10.0. The van der Waals surface area contributed by atoms with E-state index in [-0.39, 0.29) is 36.9 Å². The maximum atomic E-state index is 13.7. The van der Waals surface area contributed by atoms with E-state index in [1.165, 1.54) is 22.5 Å². The Morgan fingerprint density at radius 3 is 2.42 bits per heavy atom.